The summed E-state index contributed by atoms with van der Waals surface area (Å²) in [5.41, 5.74) is 1.03. The molecule has 1 N–H and O–H groups in total. The minimum absolute atomic E-state index is 0.0132. The molecule has 0 spiro atoms. The molecular formula is C20H27FN2O2. The van der Waals surface area contributed by atoms with Crippen LogP contribution in [-0.4, -0.2) is 35.3 Å². The van der Waals surface area contributed by atoms with Crippen LogP contribution in [0.1, 0.15) is 56.9 Å². The molecule has 1 aliphatic carbocycles. The van der Waals surface area contributed by atoms with Gasteiger partial charge in [0.25, 0.3) is 0 Å². The number of carbonyl (C=O) groups excluding carboxylic acids is 2. The zero-order chi connectivity index (χ0) is 17.6. The molecule has 1 unspecified atom stereocenters. The lowest BCUT2D eigenvalue weighted by atomic mass is 10.1. The SMILES string of the molecule is O=C1CCCCC(C(=O)N(CCc2ccc(F)cc2)C2CCCC2)N1. The molecule has 4 nitrogen and oxygen atoms in total. The van der Waals surface area contributed by atoms with Crippen LogP contribution in [0.4, 0.5) is 4.39 Å². The Morgan fingerprint density at radius 3 is 2.48 bits per heavy atom. The first-order chi connectivity index (χ1) is 12.1. The smallest absolute Gasteiger partial charge is 0.245 e. The first kappa shape index (κ1) is 17.9. The Labute approximate surface area is 148 Å². The van der Waals surface area contributed by atoms with Gasteiger partial charge in [0, 0.05) is 19.0 Å². The molecular weight excluding hydrogens is 319 g/mol. The van der Waals surface area contributed by atoms with Crippen LogP contribution in [0, 0.1) is 5.82 Å². The Hall–Kier alpha value is -1.91. The van der Waals surface area contributed by atoms with Crippen molar-refractivity contribution in [2.24, 2.45) is 0 Å². The van der Waals surface area contributed by atoms with Gasteiger partial charge in [0.1, 0.15) is 11.9 Å². The number of rotatable bonds is 5. The molecule has 1 aromatic carbocycles. The molecule has 2 amide bonds. The molecule has 136 valence electrons. The van der Waals surface area contributed by atoms with Crippen molar-refractivity contribution in [1.29, 1.82) is 0 Å². The third-order valence-corrected chi connectivity index (χ3v) is 5.38. The minimum atomic E-state index is -0.385. The summed E-state index contributed by atoms with van der Waals surface area (Å²) in [7, 11) is 0. The number of amides is 2. The summed E-state index contributed by atoms with van der Waals surface area (Å²) in [6.45, 7) is 0.626. The lowest BCUT2D eigenvalue weighted by Gasteiger charge is -2.32. The van der Waals surface area contributed by atoms with Gasteiger partial charge < -0.3 is 10.2 Å². The highest BCUT2D eigenvalue weighted by molar-refractivity contribution is 5.88. The average Bonchev–Trinajstić information content (AvgIpc) is 3.04. The highest BCUT2D eigenvalue weighted by Crippen LogP contribution is 2.25. The highest BCUT2D eigenvalue weighted by Gasteiger charge is 2.32. The fourth-order valence-corrected chi connectivity index (χ4v) is 3.95. The standard InChI is InChI=1S/C20H27FN2O2/c21-16-11-9-15(10-12-16)13-14-23(17-5-1-2-6-17)20(25)18-7-3-4-8-19(24)22-18/h9-12,17-18H,1-8,13-14H2,(H,22,24). The van der Waals surface area contributed by atoms with Crippen molar-refractivity contribution < 1.29 is 14.0 Å². The van der Waals surface area contributed by atoms with Crippen molar-refractivity contribution in [2.75, 3.05) is 6.54 Å². The number of carbonyl (C=O) groups is 2. The van der Waals surface area contributed by atoms with Crippen molar-refractivity contribution >= 4 is 11.8 Å². The Morgan fingerprint density at radius 2 is 1.76 bits per heavy atom. The van der Waals surface area contributed by atoms with E-state index in [1.54, 1.807) is 12.1 Å². The Kier molecular flexibility index (Phi) is 6.05. The van der Waals surface area contributed by atoms with E-state index in [4.69, 9.17) is 0 Å². The maximum Gasteiger partial charge on any atom is 0.245 e. The molecule has 5 heteroatoms. The molecule has 0 bridgehead atoms. The van der Waals surface area contributed by atoms with Crippen LogP contribution in [0.3, 0.4) is 0 Å². The molecule has 1 aromatic rings. The molecule has 0 aromatic heterocycles. The third kappa shape index (κ3) is 4.80. The molecule has 1 saturated heterocycles. The number of nitrogens with zero attached hydrogens (tertiary/aromatic N) is 1. The molecule has 1 atom stereocenters. The number of hydrogen-bond acceptors (Lipinski definition) is 2. The van der Waals surface area contributed by atoms with Gasteiger partial charge in [0.05, 0.1) is 0 Å². The Morgan fingerprint density at radius 1 is 1.08 bits per heavy atom. The van der Waals surface area contributed by atoms with Gasteiger partial charge in [-0.3, -0.25) is 9.59 Å². The number of nitrogens with one attached hydrogen (secondary N) is 1. The number of halogens is 1. The van der Waals surface area contributed by atoms with E-state index in [2.05, 4.69) is 5.32 Å². The summed E-state index contributed by atoms with van der Waals surface area (Å²) < 4.78 is 13.1. The number of hydrogen-bond donors (Lipinski definition) is 1. The van der Waals surface area contributed by atoms with E-state index in [1.807, 2.05) is 4.90 Å². The molecule has 3 rings (SSSR count). The van der Waals surface area contributed by atoms with Crippen LogP contribution in [0.5, 0.6) is 0 Å². The second-order valence-corrected chi connectivity index (χ2v) is 7.21. The number of benzene rings is 1. The normalized spacial score (nSPS) is 21.6. The van der Waals surface area contributed by atoms with Crippen LogP contribution >= 0.6 is 0 Å². The zero-order valence-electron chi connectivity index (χ0n) is 14.7. The maximum atomic E-state index is 13.1. The monoisotopic (exact) mass is 346 g/mol. The molecule has 0 radical (unpaired) electrons. The summed E-state index contributed by atoms with van der Waals surface area (Å²) in [6, 6.07) is 6.36. The molecule has 1 aliphatic heterocycles. The van der Waals surface area contributed by atoms with Gasteiger partial charge in [-0.1, -0.05) is 31.4 Å². The van der Waals surface area contributed by atoms with Crippen LogP contribution in [0.15, 0.2) is 24.3 Å². The van der Waals surface area contributed by atoms with E-state index >= 15 is 0 Å². The lowest BCUT2D eigenvalue weighted by Crippen LogP contribution is -2.51. The van der Waals surface area contributed by atoms with E-state index < -0.39 is 0 Å². The van der Waals surface area contributed by atoms with Crippen molar-refractivity contribution in [3.63, 3.8) is 0 Å². The van der Waals surface area contributed by atoms with E-state index in [0.29, 0.717) is 19.4 Å². The van der Waals surface area contributed by atoms with Crippen molar-refractivity contribution in [3.8, 4) is 0 Å². The summed E-state index contributed by atoms with van der Waals surface area (Å²) >= 11 is 0. The first-order valence-corrected chi connectivity index (χ1v) is 9.48. The van der Waals surface area contributed by atoms with Crippen molar-refractivity contribution in [1.82, 2.24) is 10.2 Å². The van der Waals surface area contributed by atoms with Crippen LogP contribution in [-0.2, 0) is 16.0 Å². The van der Waals surface area contributed by atoms with E-state index in [1.165, 1.54) is 12.1 Å². The van der Waals surface area contributed by atoms with Gasteiger partial charge in [-0.05, 0) is 49.8 Å². The summed E-state index contributed by atoms with van der Waals surface area (Å²) in [6.07, 6.45) is 8.10. The zero-order valence-corrected chi connectivity index (χ0v) is 14.7. The summed E-state index contributed by atoms with van der Waals surface area (Å²) in [5.74, 6) is -0.196. The molecule has 2 fully saturated rings. The summed E-state index contributed by atoms with van der Waals surface area (Å²) in [5, 5.41) is 2.91. The van der Waals surface area contributed by atoms with Gasteiger partial charge in [-0.15, -0.1) is 0 Å². The predicted octanol–water partition coefficient (Wildman–Crippen LogP) is 3.20. The van der Waals surface area contributed by atoms with Gasteiger partial charge in [-0.2, -0.15) is 0 Å². The quantitative estimate of drug-likeness (QED) is 0.890. The van der Waals surface area contributed by atoms with Crippen LogP contribution in [0.25, 0.3) is 0 Å². The lowest BCUT2D eigenvalue weighted by molar-refractivity contribution is -0.138. The van der Waals surface area contributed by atoms with Gasteiger partial charge in [-0.25, -0.2) is 4.39 Å². The van der Waals surface area contributed by atoms with E-state index in [9.17, 15) is 14.0 Å². The third-order valence-electron chi connectivity index (χ3n) is 5.38. The minimum Gasteiger partial charge on any atom is -0.344 e. The predicted molar refractivity (Wildman–Crippen MR) is 94.5 cm³/mol. The fraction of sp³-hybridized carbons (Fsp3) is 0.600. The van der Waals surface area contributed by atoms with Crippen LogP contribution in [0.2, 0.25) is 0 Å². The largest absolute Gasteiger partial charge is 0.344 e. The molecule has 2 aliphatic rings. The topological polar surface area (TPSA) is 49.4 Å². The molecule has 1 heterocycles. The van der Waals surface area contributed by atoms with Gasteiger partial charge in [0.15, 0.2) is 0 Å². The molecule has 1 saturated carbocycles. The second-order valence-electron chi connectivity index (χ2n) is 7.21. The first-order valence-electron chi connectivity index (χ1n) is 9.48. The Balaban J connectivity index is 1.68. The van der Waals surface area contributed by atoms with E-state index in [-0.39, 0.29) is 29.7 Å². The van der Waals surface area contributed by atoms with Crippen molar-refractivity contribution in [2.45, 2.75) is 69.9 Å². The van der Waals surface area contributed by atoms with Gasteiger partial charge >= 0.3 is 0 Å². The second kappa shape index (κ2) is 8.45. The fourth-order valence-electron chi connectivity index (χ4n) is 3.95. The average molecular weight is 346 g/mol. The molecule has 25 heavy (non-hydrogen) atoms. The maximum absolute atomic E-state index is 13.1. The van der Waals surface area contributed by atoms with E-state index in [0.717, 1.165) is 50.5 Å². The van der Waals surface area contributed by atoms with Gasteiger partial charge in [0.2, 0.25) is 11.8 Å². The summed E-state index contributed by atoms with van der Waals surface area (Å²) in [4.78, 5) is 26.9. The van der Waals surface area contributed by atoms with Crippen LogP contribution < -0.4 is 5.32 Å². The highest BCUT2D eigenvalue weighted by atomic mass is 19.1. The Bertz CT molecular complexity index is 596. The van der Waals surface area contributed by atoms with Crippen molar-refractivity contribution in [3.05, 3.63) is 35.6 Å².